The molecule has 0 radical (unpaired) electrons. The van der Waals surface area contributed by atoms with Crippen molar-refractivity contribution in [3.05, 3.63) is 83.4 Å². The number of carbonyl (C=O) groups is 1. The van der Waals surface area contributed by atoms with Gasteiger partial charge in [0.15, 0.2) is 5.13 Å². The maximum atomic E-state index is 12.7. The van der Waals surface area contributed by atoms with Crippen LogP contribution in [0.4, 0.5) is 9.93 Å². The van der Waals surface area contributed by atoms with E-state index in [9.17, 15) is 4.79 Å². The van der Waals surface area contributed by atoms with Crippen LogP contribution in [0.3, 0.4) is 0 Å². The van der Waals surface area contributed by atoms with Crippen molar-refractivity contribution in [2.75, 3.05) is 24.5 Å². The van der Waals surface area contributed by atoms with Gasteiger partial charge in [0.1, 0.15) is 0 Å². The molecule has 2 heterocycles. The summed E-state index contributed by atoms with van der Waals surface area (Å²) in [6.07, 6.45) is 4.11. The standard InChI is InChI=1S/C23H26N4OS/c28-22(25-16-18-8-7-14-27(17-18)23-24-13-15-29-23)26-21(19-9-3-1-4-10-19)20-11-5-2-6-12-20/h1-6,9-13,15,18,21H,7-8,14,16-17H2,(H2,25,26,28). The number of aromatic nitrogens is 1. The third-order valence-corrected chi connectivity index (χ3v) is 6.13. The zero-order chi connectivity index (χ0) is 19.9. The van der Waals surface area contributed by atoms with E-state index in [-0.39, 0.29) is 12.1 Å². The topological polar surface area (TPSA) is 57.3 Å². The number of hydrogen-bond acceptors (Lipinski definition) is 4. The molecule has 1 aliphatic heterocycles. The molecule has 1 fully saturated rings. The predicted octanol–water partition coefficient (Wildman–Crippen LogP) is 4.45. The van der Waals surface area contributed by atoms with Crippen molar-refractivity contribution in [3.63, 3.8) is 0 Å². The summed E-state index contributed by atoms with van der Waals surface area (Å²) >= 11 is 1.67. The van der Waals surface area contributed by atoms with Gasteiger partial charge in [-0.1, -0.05) is 60.7 Å². The fraction of sp³-hybridized carbons (Fsp3) is 0.304. The zero-order valence-corrected chi connectivity index (χ0v) is 17.1. The lowest BCUT2D eigenvalue weighted by Gasteiger charge is -2.32. The lowest BCUT2D eigenvalue weighted by atomic mass is 9.98. The van der Waals surface area contributed by atoms with E-state index >= 15 is 0 Å². The molecular weight excluding hydrogens is 380 g/mol. The number of carbonyl (C=O) groups excluding carboxylic acids is 1. The molecule has 2 aromatic carbocycles. The van der Waals surface area contributed by atoms with Crippen molar-refractivity contribution in [2.24, 2.45) is 5.92 Å². The largest absolute Gasteiger partial charge is 0.348 e. The first kappa shape index (κ1) is 19.5. The van der Waals surface area contributed by atoms with Gasteiger partial charge in [-0.25, -0.2) is 9.78 Å². The van der Waals surface area contributed by atoms with Crippen LogP contribution in [0.25, 0.3) is 0 Å². The number of amides is 2. The molecule has 0 spiro atoms. The Morgan fingerprint density at radius 1 is 1.10 bits per heavy atom. The molecule has 2 amide bonds. The third-order valence-electron chi connectivity index (χ3n) is 5.30. The molecule has 29 heavy (non-hydrogen) atoms. The van der Waals surface area contributed by atoms with Crippen LogP contribution in [-0.2, 0) is 0 Å². The van der Waals surface area contributed by atoms with E-state index in [4.69, 9.17) is 0 Å². The quantitative estimate of drug-likeness (QED) is 0.636. The van der Waals surface area contributed by atoms with Gasteiger partial charge < -0.3 is 15.5 Å². The minimum atomic E-state index is -0.171. The monoisotopic (exact) mass is 406 g/mol. The number of nitrogens with one attached hydrogen (secondary N) is 2. The van der Waals surface area contributed by atoms with Gasteiger partial charge in [0.2, 0.25) is 0 Å². The Morgan fingerprint density at radius 3 is 2.41 bits per heavy atom. The molecule has 1 saturated heterocycles. The number of nitrogens with zero attached hydrogens (tertiary/aromatic N) is 2. The first-order valence-electron chi connectivity index (χ1n) is 10.1. The van der Waals surface area contributed by atoms with E-state index in [1.165, 1.54) is 0 Å². The fourth-order valence-electron chi connectivity index (χ4n) is 3.85. The van der Waals surface area contributed by atoms with Crippen molar-refractivity contribution >= 4 is 22.5 Å². The summed E-state index contributed by atoms with van der Waals surface area (Å²) in [7, 11) is 0. The first-order chi connectivity index (χ1) is 14.3. The maximum absolute atomic E-state index is 12.7. The van der Waals surface area contributed by atoms with E-state index in [1.807, 2.05) is 72.2 Å². The normalized spacial score (nSPS) is 16.6. The van der Waals surface area contributed by atoms with Gasteiger partial charge in [-0.05, 0) is 29.9 Å². The van der Waals surface area contributed by atoms with Crippen LogP contribution >= 0.6 is 11.3 Å². The van der Waals surface area contributed by atoms with Crippen LogP contribution in [0, 0.1) is 5.92 Å². The van der Waals surface area contributed by atoms with Gasteiger partial charge >= 0.3 is 6.03 Å². The number of anilines is 1. The second-order valence-corrected chi connectivity index (χ2v) is 8.25. The number of piperidine rings is 1. The van der Waals surface area contributed by atoms with Gasteiger partial charge in [-0.15, -0.1) is 11.3 Å². The van der Waals surface area contributed by atoms with Crippen LogP contribution in [0.1, 0.15) is 30.0 Å². The molecule has 0 bridgehead atoms. The minimum absolute atomic E-state index is 0.130. The smallest absolute Gasteiger partial charge is 0.315 e. The molecule has 1 aliphatic rings. The van der Waals surface area contributed by atoms with Crippen LogP contribution in [0.5, 0.6) is 0 Å². The van der Waals surface area contributed by atoms with Crippen LogP contribution < -0.4 is 15.5 Å². The predicted molar refractivity (Wildman–Crippen MR) is 118 cm³/mol. The number of hydrogen-bond donors (Lipinski definition) is 2. The molecule has 0 saturated carbocycles. The molecule has 6 heteroatoms. The molecule has 4 rings (SSSR count). The Kier molecular flexibility index (Phi) is 6.42. The highest BCUT2D eigenvalue weighted by Gasteiger charge is 2.23. The summed E-state index contributed by atoms with van der Waals surface area (Å²) < 4.78 is 0. The van der Waals surface area contributed by atoms with E-state index in [0.29, 0.717) is 12.5 Å². The summed E-state index contributed by atoms with van der Waals surface area (Å²) in [4.78, 5) is 19.5. The minimum Gasteiger partial charge on any atom is -0.348 e. The molecule has 5 nitrogen and oxygen atoms in total. The Labute approximate surface area is 175 Å². The first-order valence-corrected chi connectivity index (χ1v) is 11.0. The summed E-state index contributed by atoms with van der Waals surface area (Å²) in [5.74, 6) is 0.435. The molecular formula is C23H26N4OS. The molecule has 0 aliphatic carbocycles. The van der Waals surface area contributed by atoms with Crippen molar-refractivity contribution in [1.29, 1.82) is 0 Å². The average molecular weight is 407 g/mol. The lowest BCUT2D eigenvalue weighted by molar-refractivity contribution is 0.235. The van der Waals surface area contributed by atoms with Gasteiger partial charge in [0.05, 0.1) is 6.04 Å². The van der Waals surface area contributed by atoms with Gasteiger partial charge in [-0.2, -0.15) is 0 Å². The fourth-order valence-corrected chi connectivity index (χ4v) is 4.53. The summed E-state index contributed by atoms with van der Waals surface area (Å²) in [6.45, 7) is 2.65. The molecule has 1 unspecified atom stereocenters. The van der Waals surface area contributed by atoms with Crippen LogP contribution in [0.2, 0.25) is 0 Å². The second-order valence-electron chi connectivity index (χ2n) is 7.38. The molecule has 1 aromatic heterocycles. The number of urea groups is 1. The highest BCUT2D eigenvalue weighted by atomic mass is 32.1. The van der Waals surface area contributed by atoms with E-state index in [2.05, 4.69) is 20.5 Å². The summed E-state index contributed by atoms with van der Waals surface area (Å²) in [5.41, 5.74) is 2.14. The number of thiazole rings is 1. The van der Waals surface area contributed by atoms with Gasteiger partial charge in [-0.3, -0.25) is 0 Å². The highest BCUT2D eigenvalue weighted by molar-refractivity contribution is 7.13. The lowest BCUT2D eigenvalue weighted by Crippen LogP contribution is -2.44. The van der Waals surface area contributed by atoms with Crippen molar-refractivity contribution < 1.29 is 4.79 Å². The van der Waals surface area contributed by atoms with Gasteiger partial charge in [0.25, 0.3) is 0 Å². The Morgan fingerprint density at radius 2 is 1.79 bits per heavy atom. The molecule has 150 valence electrons. The Balaban J connectivity index is 1.36. The SMILES string of the molecule is O=C(NCC1CCCN(c2nccs2)C1)NC(c1ccccc1)c1ccccc1. The Hall–Kier alpha value is -2.86. The third kappa shape index (κ3) is 5.15. The Bertz CT molecular complexity index is 846. The van der Waals surface area contributed by atoms with Crippen LogP contribution in [-0.4, -0.2) is 30.6 Å². The van der Waals surface area contributed by atoms with Gasteiger partial charge in [0, 0.05) is 31.2 Å². The van der Waals surface area contributed by atoms with Crippen molar-refractivity contribution in [3.8, 4) is 0 Å². The average Bonchev–Trinajstić information content (AvgIpc) is 3.33. The molecule has 3 aromatic rings. The zero-order valence-electron chi connectivity index (χ0n) is 16.3. The van der Waals surface area contributed by atoms with Crippen molar-refractivity contribution in [1.82, 2.24) is 15.6 Å². The number of rotatable bonds is 6. The van der Waals surface area contributed by atoms with E-state index < -0.39 is 0 Å². The summed E-state index contributed by atoms with van der Waals surface area (Å²) in [5, 5.41) is 9.34. The second kappa shape index (κ2) is 9.56. The van der Waals surface area contributed by atoms with Crippen molar-refractivity contribution in [2.45, 2.75) is 18.9 Å². The summed E-state index contributed by atoms with van der Waals surface area (Å²) in [6, 6.07) is 19.9. The maximum Gasteiger partial charge on any atom is 0.315 e. The van der Waals surface area contributed by atoms with Crippen LogP contribution in [0.15, 0.2) is 72.2 Å². The van der Waals surface area contributed by atoms with E-state index in [0.717, 1.165) is 42.2 Å². The number of benzene rings is 2. The van der Waals surface area contributed by atoms with E-state index in [1.54, 1.807) is 11.3 Å². The highest BCUT2D eigenvalue weighted by Crippen LogP contribution is 2.25. The molecule has 1 atom stereocenters. The molecule has 2 N–H and O–H groups in total.